The molecule has 74 valence electrons. The van der Waals surface area contributed by atoms with Gasteiger partial charge in [0.1, 0.15) is 11.3 Å². The van der Waals surface area contributed by atoms with E-state index >= 15 is 0 Å². The van der Waals surface area contributed by atoms with Crippen LogP contribution in [0, 0.1) is 0 Å². The van der Waals surface area contributed by atoms with Crippen molar-refractivity contribution >= 4 is 11.7 Å². The highest BCUT2D eigenvalue weighted by molar-refractivity contribution is 5.92. The monoisotopic (exact) mass is 193 g/mol. The number of anilines is 1. The summed E-state index contributed by atoms with van der Waals surface area (Å²) >= 11 is 0. The van der Waals surface area contributed by atoms with E-state index in [0.717, 1.165) is 12.8 Å². The molecule has 14 heavy (non-hydrogen) atoms. The van der Waals surface area contributed by atoms with Gasteiger partial charge >= 0.3 is 5.97 Å². The van der Waals surface area contributed by atoms with E-state index in [1.807, 2.05) is 0 Å². The number of nitrogen functional groups attached to an aromatic ring is 1. The van der Waals surface area contributed by atoms with Gasteiger partial charge in [0.05, 0.1) is 6.10 Å². The van der Waals surface area contributed by atoms with Gasteiger partial charge in [-0.1, -0.05) is 0 Å². The quantitative estimate of drug-likeness (QED) is 0.713. The smallest absolute Gasteiger partial charge is 0.339 e. The molecule has 1 fully saturated rings. The summed E-state index contributed by atoms with van der Waals surface area (Å²) < 4.78 is 5.44. The Morgan fingerprint density at radius 2 is 2.21 bits per heavy atom. The van der Waals surface area contributed by atoms with E-state index < -0.39 is 5.97 Å². The van der Waals surface area contributed by atoms with Gasteiger partial charge in [-0.15, -0.1) is 0 Å². The van der Waals surface area contributed by atoms with Crippen molar-refractivity contribution in [1.29, 1.82) is 0 Å². The summed E-state index contributed by atoms with van der Waals surface area (Å²) in [6.07, 6.45) is 2.20. The Labute approximate surface area is 81.3 Å². The number of nitrogens with two attached hydrogens (primary N) is 1. The van der Waals surface area contributed by atoms with E-state index in [1.165, 1.54) is 6.07 Å². The lowest BCUT2D eigenvalue weighted by atomic mass is 10.2. The van der Waals surface area contributed by atoms with Crippen LogP contribution < -0.4 is 10.5 Å². The van der Waals surface area contributed by atoms with E-state index in [0.29, 0.717) is 11.4 Å². The lowest BCUT2D eigenvalue weighted by molar-refractivity contribution is 0.0692. The third-order valence-electron chi connectivity index (χ3n) is 2.05. The van der Waals surface area contributed by atoms with E-state index in [9.17, 15) is 4.79 Å². The highest BCUT2D eigenvalue weighted by atomic mass is 16.5. The number of ether oxygens (including phenoxy) is 1. The predicted octanol–water partition coefficient (Wildman–Crippen LogP) is 1.51. The standard InChI is InChI=1S/C10H11NO3/c11-6-1-4-9(14-7-2-3-7)8(5-6)10(12)13/h1,4-5,7H,2-3,11H2,(H,12,13). The third kappa shape index (κ3) is 1.79. The molecule has 1 aromatic rings. The van der Waals surface area contributed by atoms with E-state index in [1.54, 1.807) is 12.1 Å². The molecular formula is C10H11NO3. The Bertz CT molecular complexity index is 372. The van der Waals surface area contributed by atoms with Gasteiger partial charge < -0.3 is 15.6 Å². The molecular weight excluding hydrogens is 182 g/mol. The molecule has 0 amide bonds. The largest absolute Gasteiger partial charge is 0.490 e. The van der Waals surface area contributed by atoms with Crippen LogP contribution in [0.1, 0.15) is 23.2 Å². The lowest BCUT2D eigenvalue weighted by Crippen LogP contribution is -2.05. The second-order valence-electron chi connectivity index (χ2n) is 3.38. The van der Waals surface area contributed by atoms with Gasteiger partial charge in [0.2, 0.25) is 0 Å². The second kappa shape index (κ2) is 3.21. The summed E-state index contributed by atoms with van der Waals surface area (Å²) in [5.41, 5.74) is 6.06. The SMILES string of the molecule is Nc1ccc(OC2CC2)c(C(=O)O)c1. The fourth-order valence-corrected chi connectivity index (χ4v) is 1.18. The van der Waals surface area contributed by atoms with Crippen molar-refractivity contribution in [3.63, 3.8) is 0 Å². The summed E-state index contributed by atoms with van der Waals surface area (Å²) in [6, 6.07) is 4.67. The van der Waals surface area contributed by atoms with E-state index in [-0.39, 0.29) is 11.7 Å². The Morgan fingerprint density at radius 3 is 2.79 bits per heavy atom. The maximum absolute atomic E-state index is 10.8. The number of hydrogen-bond donors (Lipinski definition) is 2. The number of rotatable bonds is 3. The molecule has 0 saturated heterocycles. The first-order valence-corrected chi connectivity index (χ1v) is 4.46. The number of carbonyl (C=O) groups is 1. The molecule has 3 N–H and O–H groups in total. The van der Waals surface area contributed by atoms with Crippen molar-refractivity contribution in [2.45, 2.75) is 18.9 Å². The van der Waals surface area contributed by atoms with Crippen LogP contribution in [-0.2, 0) is 0 Å². The summed E-state index contributed by atoms with van der Waals surface area (Å²) in [5, 5.41) is 8.89. The minimum atomic E-state index is -1.01. The average molecular weight is 193 g/mol. The van der Waals surface area contributed by atoms with Gasteiger partial charge in [-0.2, -0.15) is 0 Å². The topological polar surface area (TPSA) is 72.5 Å². The van der Waals surface area contributed by atoms with E-state index in [4.69, 9.17) is 15.6 Å². The molecule has 1 aliphatic carbocycles. The van der Waals surface area contributed by atoms with Crippen LogP contribution in [-0.4, -0.2) is 17.2 Å². The first-order chi connectivity index (χ1) is 6.66. The molecule has 0 aromatic heterocycles. The van der Waals surface area contributed by atoms with Crippen molar-refractivity contribution in [3.8, 4) is 5.75 Å². The minimum Gasteiger partial charge on any atom is -0.490 e. The van der Waals surface area contributed by atoms with Gasteiger partial charge in [0.15, 0.2) is 0 Å². The highest BCUT2D eigenvalue weighted by Gasteiger charge is 2.25. The van der Waals surface area contributed by atoms with Crippen molar-refractivity contribution in [3.05, 3.63) is 23.8 Å². The zero-order valence-electron chi connectivity index (χ0n) is 7.56. The van der Waals surface area contributed by atoms with Crippen LogP contribution in [0.4, 0.5) is 5.69 Å². The van der Waals surface area contributed by atoms with E-state index in [2.05, 4.69) is 0 Å². The maximum Gasteiger partial charge on any atom is 0.339 e. The molecule has 1 aromatic carbocycles. The summed E-state index contributed by atoms with van der Waals surface area (Å²) in [6.45, 7) is 0. The Hall–Kier alpha value is -1.71. The molecule has 0 heterocycles. The molecule has 0 radical (unpaired) electrons. The van der Waals surface area contributed by atoms with Crippen molar-refractivity contribution in [2.24, 2.45) is 0 Å². The Balaban J connectivity index is 2.31. The zero-order chi connectivity index (χ0) is 10.1. The van der Waals surface area contributed by atoms with Crippen LogP contribution in [0.25, 0.3) is 0 Å². The molecule has 1 aliphatic rings. The lowest BCUT2D eigenvalue weighted by Gasteiger charge is -2.08. The fraction of sp³-hybridized carbons (Fsp3) is 0.300. The molecule has 0 atom stereocenters. The minimum absolute atomic E-state index is 0.136. The first kappa shape index (κ1) is 8.87. The molecule has 4 heteroatoms. The first-order valence-electron chi connectivity index (χ1n) is 4.46. The van der Waals surface area contributed by atoms with Crippen LogP contribution in [0.3, 0.4) is 0 Å². The number of carboxylic acid groups (broad SMARTS) is 1. The summed E-state index contributed by atoms with van der Waals surface area (Å²) in [7, 11) is 0. The molecule has 4 nitrogen and oxygen atoms in total. The summed E-state index contributed by atoms with van der Waals surface area (Å²) in [5.74, 6) is -0.595. The fourth-order valence-electron chi connectivity index (χ4n) is 1.18. The molecule has 2 rings (SSSR count). The zero-order valence-corrected chi connectivity index (χ0v) is 7.56. The summed E-state index contributed by atoms with van der Waals surface area (Å²) in [4.78, 5) is 10.8. The van der Waals surface area contributed by atoms with Gasteiger partial charge in [0.25, 0.3) is 0 Å². The van der Waals surface area contributed by atoms with Gasteiger partial charge in [-0.05, 0) is 31.0 Å². The highest BCUT2D eigenvalue weighted by Crippen LogP contribution is 2.30. The van der Waals surface area contributed by atoms with Gasteiger partial charge in [-0.25, -0.2) is 4.79 Å². The predicted molar refractivity (Wildman–Crippen MR) is 51.5 cm³/mol. The Kier molecular flexibility index (Phi) is 2.04. The van der Waals surface area contributed by atoms with Crippen molar-refractivity contribution in [1.82, 2.24) is 0 Å². The van der Waals surface area contributed by atoms with Crippen LogP contribution >= 0.6 is 0 Å². The Morgan fingerprint density at radius 1 is 1.50 bits per heavy atom. The third-order valence-corrected chi connectivity index (χ3v) is 2.05. The number of hydrogen-bond acceptors (Lipinski definition) is 3. The molecule has 0 bridgehead atoms. The molecule has 0 unspecified atom stereocenters. The molecule has 1 saturated carbocycles. The van der Waals surface area contributed by atoms with Crippen LogP contribution in [0.15, 0.2) is 18.2 Å². The average Bonchev–Trinajstić information content (AvgIpc) is 2.91. The molecule has 0 spiro atoms. The maximum atomic E-state index is 10.8. The van der Waals surface area contributed by atoms with Crippen LogP contribution in [0.2, 0.25) is 0 Å². The van der Waals surface area contributed by atoms with Crippen LogP contribution in [0.5, 0.6) is 5.75 Å². The number of benzene rings is 1. The number of carboxylic acids is 1. The van der Waals surface area contributed by atoms with Gasteiger partial charge in [-0.3, -0.25) is 0 Å². The van der Waals surface area contributed by atoms with Gasteiger partial charge in [0, 0.05) is 5.69 Å². The second-order valence-corrected chi connectivity index (χ2v) is 3.38. The normalized spacial score (nSPS) is 15.1. The number of aromatic carboxylic acids is 1. The van der Waals surface area contributed by atoms with Crippen molar-refractivity contribution in [2.75, 3.05) is 5.73 Å². The molecule has 0 aliphatic heterocycles. The van der Waals surface area contributed by atoms with Crippen molar-refractivity contribution < 1.29 is 14.6 Å².